The lowest BCUT2D eigenvalue weighted by Gasteiger charge is -2.08. The summed E-state index contributed by atoms with van der Waals surface area (Å²) in [5.41, 5.74) is 1.16. The van der Waals surface area contributed by atoms with Gasteiger partial charge in [-0.2, -0.15) is 0 Å². The van der Waals surface area contributed by atoms with Gasteiger partial charge in [0.2, 0.25) is 0 Å². The summed E-state index contributed by atoms with van der Waals surface area (Å²) in [7, 11) is 0. The summed E-state index contributed by atoms with van der Waals surface area (Å²) < 4.78 is 12.7. The molecule has 0 atom stereocenters. The second-order valence-corrected chi connectivity index (χ2v) is 3.78. The highest BCUT2D eigenvalue weighted by Gasteiger charge is 2.40. The van der Waals surface area contributed by atoms with Gasteiger partial charge in [-0.15, -0.1) is 0 Å². The van der Waals surface area contributed by atoms with Crippen molar-refractivity contribution in [3.05, 3.63) is 65.9 Å². The number of benzene rings is 1. The second-order valence-electron chi connectivity index (χ2n) is 3.78. The van der Waals surface area contributed by atoms with Crippen molar-refractivity contribution in [3.8, 4) is 0 Å². The van der Waals surface area contributed by atoms with Gasteiger partial charge in [-0.3, -0.25) is 0 Å². The first-order chi connectivity index (χ1) is 6.84. The van der Waals surface area contributed by atoms with E-state index in [1.807, 2.05) is 12.1 Å². The van der Waals surface area contributed by atoms with Crippen molar-refractivity contribution in [2.45, 2.75) is 0 Å². The normalized spacial score (nSPS) is 27.6. The molecule has 0 heterocycles. The molecule has 2 bridgehead atoms. The molecule has 0 N–H and O–H groups in total. The minimum atomic E-state index is -0.166. The van der Waals surface area contributed by atoms with E-state index in [1.165, 1.54) is 18.1 Å². The minimum Gasteiger partial charge on any atom is -0.204 e. The number of fused-ring (bicyclic) bond motifs is 2. The molecule has 0 fully saturated rings. The van der Waals surface area contributed by atoms with Crippen LogP contribution in [-0.4, -0.2) is 0 Å². The van der Waals surface area contributed by atoms with E-state index in [9.17, 15) is 4.39 Å². The van der Waals surface area contributed by atoms with Crippen LogP contribution in [0, 0.1) is 23.6 Å². The monoisotopic (exact) mass is 185 g/mol. The van der Waals surface area contributed by atoms with Crippen LogP contribution in [0.5, 0.6) is 0 Å². The third-order valence-corrected chi connectivity index (χ3v) is 2.95. The van der Waals surface area contributed by atoms with E-state index in [4.69, 9.17) is 0 Å². The van der Waals surface area contributed by atoms with E-state index >= 15 is 0 Å². The zero-order chi connectivity index (χ0) is 9.54. The molecule has 0 radical (unpaired) electrons. The molecule has 0 saturated heterocycles. The largest absolute Gasteiger partial charge is 0.204 e. The number of hydrogen-bond donors (Lipinski definition) is 0. The molecule has 3 rings (SSSR count). The van der Waals surface area contributed by atoms with Crippen LogP contribution in [-0.2, 0) is 0 Å². The molecule has 1 aromatic carbocycles. The van der Waals surface area contributed by atoms with Gasteiger partial charge in [0.15, 0.2) is 0 Å². The van der Waals surface area contributed by atoms with Crippen LogP contribution in [0.4, 0.5) is 4.39 Å². The van der Waals surface area contributed by atoms with Crippen LogP contribution in [0.15, 0.2) is 48.6 Å². The van der Waals surface area contributed by atoms with Gasteiger partial charge in [0.05, 0.1) is 17.8 Å². The Bertz CT molecular complexity index is 370. The molecule has 68 valence electrons. The first-order valence-corrected chi connectivity index (χ1v) is 4.84. The minimum absolute atomic E-state index is 0.166. The van der Waals surface area contributed by atoms with Crippen LogP contribution < -0.4 is 0 Å². The SMILES string of the molecule is Fc1ccc([C+]2C3C=CC2C=C3)cc1. The lowest BCUT2D eigenvalue weighted by atomic mass is 9.88. The molecule has 0 saturated carbocycles. The van der Waals surface area contributed by atoms with Crippen molar-refractivity contribution in [1.82, 2.24) is 0 Å². The highest BCUT2D eigenvalue weighted by atomic mass is 19.1. The Labute approximate surface area is 82.8 Å². The number of allylic oxidation sites excluding steroid dienone is 4. The zero-order valence-corrected chi connectivity index (χ0v) is 7.65. The fraction of sp³-hybridized carbons (Fsp3) is 0.154. The van der Waals surface area contributed by atoms with E-state index in [-0.39, 0.29) is 5.82 Å². The van der Waals surface area contributed by atoms with Gasteiger partial charge < -0.3 is 0 Å². The lowest BCUT2D eigenvalue weighted by molar-refractivity contribution is 0.626. The molecule has 0 nitrogen and oxygen atoms in total. The maximum atomic E-state index is 12.7. The summed E-state index contributed by atoms with van der Waals surface area (Å²) >= 11 is 0. The summed E-state index contributed by atoms with van der Waals surface area (Å²) in [4.78, 5) is 0. The number of rotatable bonds is 1. The summed E-state index contributed by atoms with van der Waals surface area (Å²) in [6.07, 6.45) is 8.85. The standard InChI is InChI=1S/C13H10F/c14-12-7-5-11(6-8-12)13-9-1-2-10(13)4-3-9/h1-10H/q+1. The predicted octanol–water partition coefficient (Wildman–Crippen LogP) is 3.12. The fourth-order valence-corrected chi connectivity index (χ4v) is 2.27. The van der Waals surface area contributed by atoms with Crippen LogP contribution in [0.2, 0.25) is 0 Å². The molecule has 2 aliphatic rings. The first kappa shape index (κ1) is 7.86. The van der Waals surface area contributed by atoms with Crippen molar-refractivity contribution in [2.24, 2.45) is 11.8 Å². The van der Waals surface area contributed by atoms with Crippen molar-refractivity contribution >= 4 is 0 Å². The Hall–Kier alpha value is -1.50. The second kappa shape index (κ2) is 2.74. The summed E-state index contributed by atoms with van der Waals surface area (Å²) in [6, 6.07) is 6.79. The lowest BCUT2D eigenvalue weighted by Crippen LogP contribution is -2.06. The van der Waals surface area contributed by atoms with Crippen molar-refractivity contribution < 1.29 is 4.39 Å². The van der Waals surface area contributed by atoms with Gasteiger partial charge in [-0.25, -0.2) is 4.39 Å². The molecule has 0 spiro atoms. The molecule has 14 heavy (non-hydrogen) atoms. The van der Waals surface area contributed by atoms with Gasteiger partial charge in [-0.1, -0.05) is 24.3 Å². The van der Waals surface area contributed by atoms with Crippen LogP contribution in [0.1, 0.15) is 5.56 Å². The molecule has 0 unspecified atom stereocenters. The van der Waals surface area contributed by atoms with E-state index in [0.717, 1.165) is 5.56 Å². The van der Waals surface area contributed by atoms with Crippen LogP contribution in [0.25, 0.3) is 0 Å². The van der Waals surface area contributed by atoms with Crippen LogP contribution in [0.3, 0.4) is 0 Å². The van der Waals surface area contributed by atoms with Crippen LogP contribution >= 0.6 is 0 Å². The zero-order valence-electron chi connectivity index (χ0n) is 7.65. The molecule has 1 heteroatoms. The molecular formula is C13H10F+. The Morgan fingerprint density at radius 2 is 1.36 bits per heavy atom. The van der Waals surface area contributed by atoms with Gasteiger partial charge in [0.1, 0.15) is 11.4 Å². The quantitative estimate of drug-likeness (QED) is 0.466. The van der Waals surface area contributed by atoms with Crippen molar-refractivity contribution in [3.63, 3.8) is 0 Å². The van der Waals surface area contributed by atoms with Crippen molar-refractivity contribution in [1.29, 1.82) is 0 Å². The molecule has 1 aromatic rings. The van der Waals surface area contributed by atoms with Gasteiger partial charge >= 0.3 is 0 Å². The molecule has 0 aliphatic heterocycles. The highest BCUT2D eigenvalue weighted by molar-refractivity contribution is 5.48. The Balaban J connectivity index is 1.95. The third-order valence-electron chi connectivity index (χ3n) is 2.95. The van der Waals surface area contributed by atoms with E-state index < -0.39 is 0 Å². The summed E-state index contributed by atoms with van der Waals surface area (Å²) in [5.74, 6) is 2.13. The highest BCUT2D eigenvalue weighted by Crippen LogP contribution is 2.44. The fourth-order valence-electron chi connectivity index (χ4n) is 2.27. The molecular weight excluding hydrogens is 175 g/mol. The Morgan fingerprint density at radius 3 is 1.86 bits per heavy atom. The van der Waals surface area contributed by atoms with E-state index in [0.29, 0.717) is 11.8 Å². The first-order valence-electron chi connectivity index (χ1n) is 4.84. The average molecular weight is 185 g/mol. The van der Waals surface area contributed by atoms with Crippen molar-refractivity contribution in [2.75, 3.05) is 0 Å². The van der Waals surface area contributed by atoms with E-state index in [1.54, 1.807) is 0 Å². The maximum absolute atomic E-state index is 12.7. The van der Waals surface area contributed by atoms with Gasteiger partial charge in [0.25, 0.3) is 0 Å². The third kappa shape index (κ3) is 1.02. The number of halogens is 1. The summed E-state index contributed by atoms with van der Waals surface area (Å²) in [5, 5.41) is 0. The van der Waals surface area contributed by atoms with Gasteiger partial charge in [-0.05, 0) is 0 Å². The molecule has 0 amide bonds. The summed E-state index contributed by atoms with van der Waals surface area (Å²) in [6.45, 7) is 0. The smallest absolute Gasteiger partial charge is 0.149 e. The number of hydrogen-bond acceptors (Lipinski definition) is 0. The topological polar surface area (TPSA) is 0 Å². The van der Waals surface area contributed by atoms with Gasteiger partial charge in [0, 0.05) is 24.3 Å². The Kier molecular flexibility index (Phi) is 1.54. The Morgan fingerprint density at radius 1 is 0.857 bits per heavy atom. The maximum Gasteiger partial charge on any atom is 0.149 e. The molecule has 2 aliphatic carbocycles. The predicted molar refractivity (Wildman–Crippen MR) is 54.0 cm³/mol. The molecule has 0 aromatic heterocycles. The van der Waals surface area contributed by atoms with E-state index in [2.05, 4.69) is 24.3 Å². The average Bonchev–Trinajstić information content (AvgIpc) is 2.78.